The van der Waals surface area contributed by atoms with Gasteiger partial charge in [0.2, 0.25) is 0 Å². The lowest BCUT2D eigenvalue weighted by atomic mass is 10.2. The molecule has 0 saturated heterocycles. The standard InChI is InChI=1S/C14H8ClF5N2O/c15-10-3-2-8(6-9(10)14(18,19)20)21-13(23)22-12-4-1-7(16)5-11(12)17/h1-6H,(H2,21,22,23). The zero-order valence-corrected chi connectivity index (χ0v) is 11.9. The summed E-state index contributed by atoms with van der Waals surface area (Å²) in [7, 11) is 0. The van der Waals surface area contributed by atoms with Crippen LogP contribution in [0.2, 0.25) is 5.02 Å². The number of amides is 2. The summed E-state index contributed by atoms with van der Waals surface area (Å²) in [4.78, 5) is 11.7. The van der Waals surface area contributed by atoms with Gasteiger partial charge in [-0.05, 0) is 30.3 Å². The second-order valence-electron chi connectivity index (χ2n) is 4.40. The summed E-state index contributed by atoms with van der Waals surface area (Å²) < 4.78 is 64.2. The highest BCUT2D eigenvalue weighted by atomic mass is 35.5. The summed E-state index contributed by atoms with van der Waals surface area (Å²) >= 11 is 5.45. The van der Waals surface area contributed by atoms with E-state index in [0.717, 1.165) is 24.3 Å². The molecule has 2 N–H and O–H groups in total. The van der Waals surface area contributed by atoms with Crippen molar-refractivity contribution in [2.24, 2.45) is 0 Å². The number of benzene rings is 2. The van der Waals surface area contributed by atoms with Crippen molar-refractivity contribution in [3.8, 4) is 0 Å². The van der Waals surface area contributed by atoms with Gasteiger partial charge in [0.1, 0.15) is 11.6 Å². The molecule has 2 rings (SSSR count). The van der Waals surface area contributed by atoms with Crippen molar-refractivity contribution in [2.75, 3.05) is 10.6 Å². The van der Waals surface area contributed by atoms with Gasteiger partial charge in [0.15, 0.2) is 0 Å². The fourth-order valence-electron chi connectivity index (χ4n) is 1.70. The van der Waals surface area contributed by atoms with Gasteiger partial charge in [-0.15, -0.1) is 0 Å². The number of urea groups is 1. The molecule has 3 nitrogen and oxygen atoms in total. The van der Waals surface area contributed by atoms with E-state index in [4.69, 9.17) is 11.6 Å². The largest absolute Gasteiger partial charge is 0.417 e. The van der Waals surface area contributed by atoms with E-state index < -0.39 is 34.4 Å². The molecule has 0 aliphatic heterocycles. The minimum atomic E-state index is -4.69. The second-order valence-corrected chi connectivity index (χ2v) is 4.80. The molecule has 0 aromatic heterocycles. The lowest BCUT2D eigenvalue weighted by Crippen LogP contribution is -2.20. The molecular formula is C14H8ClF5N2O. The van der Waals surface area contributed by atoms with Crippen LogP contribution in [0, 0.1) is 11.6 Å². The molecule has 9 heteroatoms. The highest BCUT2D eigenvalue weighted by molar-refractivity contribution is 6.31. The zero-order valence-electron chi connectivity index (χ0n) is 11.1. The normalized spacial score (nSPS) is 11.2. The average molecular weight is 351 g/mol. The fourth-order valence-corrected chi connectivity index (χ4v) is 1.92. The maximum Gasteiger partial charge on any atom is 0.417 e. The van der Waals surface area contributed by atoms with E-state index in [1.165, 1.54) is 0 Å². The van der Waals surface area contributed by atoms with Crippen molar-refractivity contribution in [3.63, 3.8) is 0 Å². The summed E-state index contributed by atoms with van der Waals surface area (Å²) in [6.45, 7) is 0. The summed E-state index contributed by atoms with van der Waals surface area (Å²) in [5.41, 5.74) is -1.64. The molecule has 2 aromatic carbocycles. The van der Waals surface area contributed by atoms with Gasteiger partial charge in [-0.2, -0.15) is 13.2 Å². The lowest BCUT2D eigenvalue weighted by Gasteiger charge is -2.12. The molecule has 122 valence electrons. The first-order valence-corrected chi connectivity index (χ1v) is 6.44. The first-order chi connectivity index (χ1) is 10.7. The maximum atomic E-state index is 13.4. The third kappa shape index (κ3) is 4.32. The SMILES string of the molecule is O=C(Nc1ccc(Cl)c(C(F)(F)F)c1)Nc1ccc(F)cc1F. The van der Waals surface area contributed by atoms with Gasteiger partial charge in [-0.3, -0.25) is 0 Å². The van der Waals surface area contributed by atoms with Gasteiger partial charge in [0.05, 0.1) is 16.3 Å². The number of rotatable bonds is 2. The van der Waals surface area contributed by atoms with E-state index in [9.17, 15) is 26.7 Å². The Morgan fingerprint density at radius 1 is 1.00 bits per heavy atom. The van der Waals surface area contributed by atoms with Crippen molar-refractivity contribution in [1.29, 1.82) is 0 Å². The van der Waals surface area contributed by atoms with Crippen LogP contribution >= 0.6 is 11.6 Å². The Kier molecular flexibility index (Phi) is 4.74. The monoisotopic (exact) mass is 350 g/mol. The minimum absolute atomic E-state index is 0.193. The molecule has 0 fully saturated rings. The molecule has 0 unspecified atom stereocenters. The third-order valence-corrected chi connectivity index (χ3v) is 3.04. The van der Waals surface area contributed by atoms with Gasteiger partial charge in [-0.1, -0.05) is 11.6 Å². The molecule has 0 spiro atoms. The van der Waals surface area contributed by atoms with Crippen LogP contribution in [0.4, 0.5) is 38.1 Å². The zero-order chi connectivity index (χ0) is 17.2. The molecule has 0 atom stereocenters. The number of carbonyl (C=O) groups is 1. The quantitative estimate of drug-likeness (QED) is 0.711. The Morgan fingerprint density at radius 2 is 1.70 bits per heavy atom. The predicted molar refractivity (Wildman–Crippen MR) is 75.5 cm³/mol. The number of hydrogen-bond donors (Lipinski definition) is 2. The average Bonchev–Trinajstić information content (AvgIpc) is 2.43. The highest BCUT2D eigenvalue weighted by Crippen LogP contribution is 2.36. The maximum absolute atomic E-state index is 13.4. The van der Waals surface area contributed by atoms with Crippen molar-refractivity contribution in [2.45, 2.75) is 6.18 Å². The Bertz CT molecular complexity index is 748. The molecular weight excluding hydrogens is 343 g/mol. The second kappa shape index (κ2) is 6.41. The molecule has 0 heterocycles. The van der Waals surface area contributed by atoms with Crippen LogP contribution in [-0.2, 0) is 6.18 Å². The number of nitrogens with one attached hydrogen (secondary N) is 2. The molecule has 2 aromatic rings. The van der Waals surface area contributed by atoms with E-state index in [-0.39, 0.29) is 11.4 Å². The first-order valence-electron chi connectivity index (χ1n) is 6.06. The fraction of sp³-hybridized carbons (Fsp3) is 0.0714. The van der Waals surface area contributed by atoms with Gasteiger partial charge in [0.25, 0.3) is 0 Å². The summed E-state index contributed by atoms with van der Waals surface area (Å²) in [6.07, 6.45) is -4.69. The smallest absolute Gasteiger partial charge is 0.308 e. The van der Waals surface area contributed by atoms with Crippen LogP contribution in [0.5, 0.6) is 0 Å². The van der Waals surface area contributed by atoms with Crippen LogP contribution in [0.1, 0.15) is 5.56 Å². The third-order valence-electron chi connectivity index (χ3n) is 2.71. The van der Waals surface area contributed by atoms with Gasteiger partial charge in [-0.25, -0.2) is 13.6 Å². The van der Waals surface area contributed by atoms with Crippen LogP contribution in [0.3, 0.4) is 0 Å². The topological polar surface area (TPSA) is 41.1 Å². The molecule has 0 bridgehead atoms. The molecule has 0 aliphatic rings. The number of hydrogen-bond acceptors (Lipinski definition) is 1. The van der Waals surface area contributed by atoms with E-state index >= 15 is 0 Å². The van der Waals surface area contributed by atoms with Crippen molar-refractivity contribution in [1.82, 2.24) is 0 Å². The van der Waals surface area contributed by atoms with Crippen molar-refractivity contribution in [3.05, 3.63) is 58.6 Å². The molecule has 0 radical (unpaired) electrons. The van der Waals surface area contributed by atoms with E-state index in [1.54, 1.807) is 0 Å². The van der Waals surface area contributed by atoms with E-state index in [1.807, 2.05) is 0 Å². The summed E-state index contributed by atoms with van der Waals surface area (Å²) in [5, 5.41) is 3.64. The number of carbonyl (C=O) groups excluding carboxylic acids is 1. The molecule has 0 aliphatic carbocycles. The summed E-state index contributed by atoms with van der Waals surface area (Å²) in [5.74, 6) is -1.85. The van der Waals surface area contributed by atoms with Crippen LogP contribution < -0.4 is 10.6 Å². The van der Waals surface area contributed by atoms with Crippen LogP contribution in [0.25, 0.3) is 0 Å². The highest BCUT2D eigenvalue weighted by Gasteiger charge is 2.33. The number of anilines is 2. The Balaban J connectivity index is 2.14. The predicted octanol–water partition coefficient (Wildman–Crippen LogP) is 5.28. The number of halogens is 6. The Labute approximate surface area is 132 Å². The van der Waals surface area contributed by atoms with Crippen molar-refractivity contribution < 1.29 is 26.7 Å². The van der Waals surface area contributed by atoms with Gasteiger partial charge >= 0.3 is 12.2 Å². The lowest BCUT2D eigenvalue weighted by molar-refractivity contribution is -0.137. The van der Waals surface area contributed by atoms with Crippen molar-refractivity contribution >= 4 is 29.0 Å². The van der Waals surface area contributed by atoms with Gasteiger partial charge in [0, 0.05) is 11.8 Å². The molecule has 23 heavy (non-hydrogen) atoms. The van der Waals surface area contributed by atoms with E-state index in [0.29, 0.717) is 12.1 Å². The Hall–Kier alpha value is -2.35. The Morgan fingerprint density at radius 3 is 2.30 bits per heavy atom. The minimum Gasteiger partial charge on any atom is -0.308 e. The van der Waals surface area contributed by atoms with Gasteiger partial charge < -0.3 is 10.6 Å². The molecule has 0 saturated carbocycles. The summed E-state index contributed by atoms with van der Waals surface area (Å²) in [6, 6.07) is 4.22. The van der Waals surface area contributed by atoms with Crippen LogP contribution in [-0.4, -0.2) is 6.03 Å². The number of alkyl halides is 3. The van der Waals surface area contributed by atoms with E-state index in [2.05, 4.69) is 10.6 Å². The first kappa shape index (κ1) is 17.0. The van der Waals surface area contributed by atoms with Crippen LogP contribution in [0.15, 0.2) is 36.4 Å². The molecule has 2 amide bonds.